The Balaban J connectivity index is 0. The quantitative estimate of drug-likeness (QED) is 0.690. The Morgan fingerprint density at radius 3 is 1.83 bits per heavy atom. The van der Waals surface area contributed by atoms with Crippen molar-refractivity contribution in [3.8, 4) is 0 Å². The molecular formula is C4H10NTa-. The normalized spacial score (nSPS) is 5.50. The van der Waals surface area contributed by atoms with E-state index in [9.17, 15) is 0 Å². The Hall–Kier alpha value is 0.540. The van der Waals surface area contributed by atoms with Gasteiger partial charge in [0.05, 0.1) is 0 Å². The number of hydrogen-bond donors (Lipinski definition) is 1. The summed E-state index contributed by atoms with van der Waals surface area (Å²) in [4.78, 5) is 0. The second kappa shape index (κ2) is 17.7. The molecule has 2 heteroatoms. The van der Waals surface area contributed by atoms with Crippen LogP contribution in [0, 0.1) is 10.7 Å². The Morgan fingerprint density at radius 2 is 1.83 bits per heavy atom. The average molecular weight is 253 g/mol. The van der Waals surface area contributed by atoms with Crippen molar-refractivity contribution in [2.24, 2.45) is 0 Å². The zero-order chi connectivity index (χ0) is 5.41. The van der Waals surface area contributed by atoms with Crippen LogP contribution in [-0.4, -0.2) is 0 Å². The molecule has 1 nitrogen and oxygen atoms in total. The van der Waals surface area contributed by atoms with Gasteiger partial charge in [0.25, 0.3) is 0 Å². The van der Waals surface area contributed by atoms with Crippen molar-refractivity contribution in [2.75, 3.05) is 0 Å². The molecule has 0 aliphatic rings. The zero-order valence-electron chi connectivity index (χ0n) is 4.07. The summed E-state index contributed by atoms with van der Waals surface area (Å²) in [6.07, 6.45) is 2.28. The molecule has 0 atom stereocenters. The number of unbranched alkanes of at least 4 members (excludes halogenated alkanes) is 1. The predicted molar refractivity (Wildman–Crippen MR) is 23.0 cm³/mol. The van der Waals surface area contributed by atoms with Crippen LogP contribution in [0.3, 0.4) is 0 Å². The maximum atomic E-state index is 5.86. The third kappa shape index (κ3) is 24.0. The van der Waals surface area contributed by atoms with Gasteiger partial charge in [-0.15, -0.1) is 0 Å². The molecular weight excluding hydrogens is 243 g/mol. The third-order valence-electron chi connectivity index (χ3n) is 0.354. The molecule has 0 heterocycles. The van der Waals surface area contributed by atoms with Gasteiger partial charge in [-0.1, -0.05) is 13.3 Å². The molecule has 0 unspecified atom stereocenters. The van der Waals surface area contributed by atoms with Gasteiger partial charge in [0, 0.05) is 0 Å². The fourth-order valence-electron chi connectivity index (χ4n) is 0. The van der Waals surface area contributed by atoms with E-state index in [4.69, 9.17) is 3.76 Å². The Labute approximate surface area is 51.7 Å². The molecule has 0 aliphatic carbocycles. The summed E-state index contributed by atoms with van der Waals surface area (Å²) in [7, 11) is 0. The SMILES string of the molecule is [CH2-]CCC.[NH]=[Ta]. The Morgan fingerprint density at radius 1 is 1.67 bits per heavy atom. The molecule has 0 aromatic carbocycles. The van der Waals surface area contributed by atoms with Crippen LogP contribution >= 0.6 is 0 Å². The molecule has 0 saturated carbocycles. The second-order valence-electron chi connectivity index (χ2n) is 0.854. The average Bonchev–Trinajstić information content (AvgIpc) is 1.72. The van der Waals surface area contributed by atoms with E-state index < -0.39 is 0 Å². The predicted octanol–water partition coefficient (Wildman–Crippen LogP) is 1.92. The van der Waals surface area contributed by atoms with Gasteiger partial charge in [0.15, 0.2) is 0 Å². The van der Waals surface area contributed by atoms with Crippen LogP contribution in [0.1, 0.15) is 19.8 Å². The molecule has 0 rings (SSSR count). The van der Waals surface area contributed by atoms with Crippen LogP contribution in [-0.2, 0) is 20.9 Å². The third-order valence-corrected chi connectivity index (χ3v) is 0.354. The molecule has 0 fully saturated rings. The molecule has 6 heavy (non-hydrogen) atoms. The van der Waals surface area contributed by atoms with E-state index in [1.165, 1.54) is 6.42 Å². The number of hydrogen-bond acceptors (Lipinski definition) is 1. The molecule has 0 radical (unpaired) electrons. The van der Waals surface area contributed by atoms with Crippen molar-refractivity contribution < 1.29 is 20.9 Å². The van der Waals surface area contributed by atoms with Gasteiger partial charge < -0.3 is 6.92 Å². The summed E-state index contributed by atoms with van der Waals surface area (Å²) in [5.74, 6) is 0. The van der Waals surface area contributed by atoms with E-state index >= 15 is 0 Å². The maximum absolute atomic E-state index is 5.86. The first kappa shape index (κ1) is 9.74. The molecule has 1 N–H and O–H groups in total. The van der Waals surface area contributed by atoms with Crippen molar-refractivity contribution in [1.29, 1.82) is 3.76 Å². The van der Waals surface area contributed by atoms with Crippen LogP contribution in [0.15, 0.2) is 0 Å². The van der Waals surface area contributed by atoms with E-state index in [2.05, 4.69) is 13.8 Å². The van der Waals surface area contributed by atoms with Gasteiger partial charge in [0.2, 0.25) is 0 Å². The molecule has 0 aliphatic heterocycles. The molecule has 0 aromatic heterocycles. The van der Waals surface area contributed by atoms with Crippen molar-refractivity contribution >= 4 is 0 Å². The van der Waals surface area contributed by atoms with Gasteiger partial charge in [-0.25, -0.2) is 0 Å². The fourth-order valence-corrected chi connectivity index (χ4v) is 0. The minimum atomic E-state index is 0.694. The van der Waals surface area contributed by atoms with Gasteiger partial charge in [-0.05, 0) is 0 Å². The summed E-state index contributed by atoms with van der Waals surface area (Å²) in [5, 5.41) is 0. The molecule has 0 spiro atoms. The van der Waals surface area contributed by atoms with Crippen LogP contribution in [0.5, 0.6) is 0 Å². The van der Waals surface area contributed by atoms with E-state index in [1.807, 2.05) is 0 Å². The summed E-state index contributed by atoms with van der Waals surface area (Å²) in [6, 6.07) is 0. The monoisotopic (exact) mass is 253 g/mol. The summed E-state index contributed by atoms with van der Waals surface area (Å²) in [5.41, 5.74) is 0. The first-order chi connectivity index (χ1) is 2.91. The Kier molecular flexibility index (Phi) is 28.7. The van der Waals surface area contributed by atoms with E-state index in [-0.39, 0.29) is 0 Å². The number of nitrogens with one attached hydrogen (secondary N) is 1. The molecule has 0 amide bonds. The van der Waals surface area contributed by atoms with E-state index in [0.29, 0.717) is 20.9 Å². The zero-order valence-corrected chi connectivity index (χ0v) is 7.28. The van der Waals surface area contributed by atoms with E-state index in [1.54, 1.807) is 0 Å². The van der Waals surface area contributed by atoms with Crippen LogP contribution in [0.4, 0.5) is 0 Å². The van der Waals surface area contributed by atoms with E-state index in [0.717, 1.165) is 6.42 Å². The topological polar surface area (TPSA) is 23.9 Å². The van der Waals surface area contributed by atoms with Gasteiger partial charge >= 0.3 is 24.6 Å². The standard InChI is InChI=1S/C4H9.HN.Ta/c1-3-4-2;;/h1,3-4H2,2H3;1H;/q-1;;. The molecule has 0 aromatic rings. The van der Waals surface area contributed by atoms with Crippen molar-refractivity contribution in [2.45, 2.75) is 19.8 Å². The molecule has 0 bridgehead atoms. The van der Waals surface area contributed by atoms with Crippen molar-refractivity contribution in [3.05, 3.63) is 6.92 Å². The van der Waals surface area contributed by atoms with Crippen LogP contribution in [0.2, 0.25) is 0 Å². The van der Waals surface area contributed by atoms with Crippen LogP contribution < -0.4 is 0 Å². The fraction of sp³-hybridized carbons (Fsp3) is 0.750. The summed E-state index contributed by atoms with van der Waals surface area (Å²) in [6.45, 7) is 5.72. The molecule has 37 valence electrons. The van der Waals surface area contributed by atoms with Crippen molar-refractivity contribution in [1.82, 2.24) is 0 Å². The van der Waals surface area contributed by atoms with Crippen LogP contribution in [0.25, 0.3) is 0 Å². The van der Waals surface area contributed by atoms with Crippen molar-refractivity contribution in [3.63, 3.8) is 0 Å². The minimum absolute atomic E-state index is 0.694. The molecule has 0 saturated heterocycles. The summed E-state index contributed by atoms with van der Waals surface area (Å²) < 4.78 is 5.86. The first-order valence-electron chi connectivity index (χ1n) is 1.93. The first-order valence-corrected chi connectivity index (χ1v) is 3.54. The van der Waals surface area contributed by atoms with Gasteiger partial charge in [-0.2, -0.15) is 6.42 Å². The summed E-state index contributed by atoms with van der Waals surface area (Å²) >= 11 is 0.694. The second-order valence-corrected chi connectivity index (χ2v) is 0.854. The van der Waals surface area contributed by atoms with Gasteiger partial charge in [0.1, 0.15) is 0 Å². The Bertz CT molecular complexity index is 15.0. The number of rotatable bonds is 1. The van der Waals surface area contributed by atoms with Gasteiger partial charge in [-0.3, -0.25) is 0 Å².